The van der Waals surface area contributed by atoms with Gasteiger partial charge in [0.2, 0.25) is 0 Å². The number of carbonyl (C=O) groups is 4. The lowest BCUT2D eigenvalue weighted by atomic mass is 9.98. The number of unbranched alkanes of at least 4 members (excludes halogenated alkanes) is 29. The van der Waals surface area contributed by atoms with E-state index in [4.69, 9.17) is 23.7 Å². The van der Waals surface area contributed by atoms with Crippen molar-refractivity contribution in [3.05, 3.63) is 85.1 Å². The second kappa shape index (κ2) is 58.3. The number of hydrogen-bond donors (Lipinski definition) is 3. The summed E-state index contributed by atoms with van der Waals surface area (Å²) in [6, 6.07) is 0. The summed E-state index contributed by atoms with van der Waals surface area (Å²) < 4.78 is 28.5. The third-order valence-corrected chi connectivity index (χ3v) is 15.0. The van der Waals surface area contributed by atoms with Gasteiger partial charge in [0.1, 0.15) is 18.8 Å². The summed E-state index contributed by atoms with van der Waals surface area (Å²) >= 11 is 0. The summed E-state index contributed by atoms with van der Waals surface area (Å²) in [4.78, 5) is 51.4. The Morgan fingerprint density at radius 3 is 1.19 bits per heavy atom. The van der Waals surface area contributed by atoms with E-state index in [0.717, 1.165) is 116 Å². The molecule has 1 saturated heterocycles. The summed E-state index contributed by atoms with van der Waals surface area (Å²) in [6.07, 6.45) is 64.0. The first-order valence-corrected chi connectivity index (χ1v) is 33.6. The van der Waals surface area contributed by atoms with Gasteiger partial charge in [0, 0.05) is 19.3 Å². The second-order valence-electron chi connectivity index (χ2n) is 22.7. The molecule has 0 aromatic rings. The largest absolute Gasteiger partial charge is 0.479 e. The van der Waals surface area contributed by atoms with Crippen molar-refractivity contribution in [3.8, 4) is 0 Å². The molecule has 12 heteroatoms. The molecule has 0 spiro atoms. The van der Waals surface area contributed by atoms with Crippen LogP contribution in [-0.2, 0) is 42.9 Å². The van der Waals surface area contributed by atoms with Crippen molar-refractivity contribution < 1.29 is 58.2 Å². The molecule has 0 amide bonds. The number of aliphatic hydroxyl groups excluding tert-OH is 2. The number of aliphatic hydroxyl groups is 2. The summed E-state index contributed by atoms with van der Waals surface area (Å²) in [7, 11) is 0. The molecular formula is C71H120O12. The van der Waals surface area contributed by atoms with Crippen molar-refractivity contribution in [2.45, 2.75) is 327 Å². The lowest BCUT2D eigenvalue weighted by Crippen LogP contribution is -2.61. The Morgan fingerprint density at radius 1 is 0.410 bits per heavy atom. The topological polar surface area (TPSA) is 175 Å². The predicted octanol–water partition coefficient (Wildman–Crippen LogP) is 18.2. The highest BCUT2D eigenvalue weighted by Gasteiger charge is 2.50. The Hall–Kier alpha value is -4.10. The maximum absolute atomic E-state index is 13.2. The van der Waals surface area contributed by atoms with Crippen LogP contribution in [0.3, 0.4) is 0 Å². The maximum atomic E-state index is 13.2. The van der Waals surface area contributed by atoms with Crippen LogP contribution in [0.25, 0.3) is 0 Å². The molecule has 0 aromatic carbocycles. The lowest BCUT2D eigenvalue weighted by molar-refractivity contribution is -0.301. The Morgan fingerprint density at radius 2 is 0.759 bits per heavy atom. The van der Waals surface area contributed by atoms with E-state index >= 15 is 0 Å². The van der Waals surface area contributed by atoms with E-state index in [2.05, 4.69) is 106 Å². The fourth-order valence-corrected chi connectivity index (χ4v) is 9.84. The van der Waals surface area contributed by atoms with E-state index in [1.807, 2.05) is 0 Å². The number of allylic oxidation sites excluding steroid dienone is 14. The number of esters is 3. The minimum atomic E-state index is -1.91. The summed E-state index contributed by atoms with van der Waals surface area (Å²) in [5, 5.41) is 31.6. The van der Waals surface area contributed by atoms with Crippen LogP contribution in [0.15, 0.2) is 85.1 Å². The van der Waals surface area contributed by atoms with E-state index in [9.17, 15) is 34.5 Å². The molecule has 1 fully saturated rings. The van der Waals surface area contributed by atoms with E-state index in [-0.39, 0.29) is 25.9 Å². The summed E-state index contributed by atoms with van der Waals surface area (Å²) in [6.45, 7) is 5.86. The van der Waals surface area contributed by atoms with Crippen molar-refractivity contribution in [3.63, 3.8) is 0 Å². The standard InChI is InChI=1S/C71H120O12/c1-4-7-10-13-16-19-22-25-28-30-32-34-37-39-42-45-48-51-54-57-63(72)79-60-62(81-64(73)58-55-52-49-46-43-41-38-35-33-31-29-26-23-20-17-14-11-8-5-2)61-80-71-69(67(76)66(75)68(83-71)70(77)78)82-65(74)59-56-53-50-47-44-40-36-27-24-21-18-15-12-9-6-3/h7,10,16,18-19,21,25,27-28,32,34,36,39,42,62,66-69,71,75-76H,4-6,8-9,11-15,17,20,22-24,26,29-31,33,35,37-38,40-41,43-61H2,1-3H3,(H,77,78)/b10-7-,19-16-,21-18-,28-25-,34-32-,36-27-,42-39-. The van der Waals surface area contributed by atoms with Crippen LogP contribution in [0.5, 0.6) is 0 Å². The average Bonchev–Trinajstić information content (AvgIpc) is 3.58. The van der Waals surface area contributed by atoms with Crippen LogP contribution in [0.2, 0.25) is 0 Å². The molecule has 0 bridgehead atoms. The minimum absolute atomic E-state index is 0.0396. The monoisotopic (exact) mass is 1160 g/mol. The number of carboxylic acids is 1. The van der Waals surface area contributed by atoms with Gasteiger partial charge >= 0.3 is 23.9 Å². The zero-order chi connectivity index (χ0) is 60.3. The Balaban J connectivity index is 2.68. The number of ether oxygens (including phenoxy) is 5. The molecule has 0 aromatic heterocycles. The molecule has 12 nitrogen and oxygen atoms in total. The van der Waals surface area contributed by atoms with E-state index in [1.165, 1.54) is 116 Å². The van der Waals surface area contributed by atoms with Gasteiger partial charge in [-0.2, -0.15) is 0 Å². The lowest BCUT2D eigenvalue weighted by Gasteiger charge is -2.40. The van der Waals surface area contributed by atoms with Gasteiger partial charge in [0.25, 0.3) is 0 Å². The molecule has 0 saturated carbocycles. The fraction of sp³-hybridized carbons (Fsp3) is 0.746. The number of hydrogen-bond acceptors (Lipinski definition) is 11. The second-order valence-corrected chi connectivity index (χ2v) is 22.7. The molecule has 83 heavy (non-hydrogen) atoms. The molecular weight excluding hydrogens is 1040 g/mol. The van der Waals surface area contributed by atoms with Crippen molar-refractivity contribution >= 4 is 23.9 Å². The van der Waals surface area contributed by atoms with Crippen molar-refractivity contribution in [2.75, 3.05) is 13.2 Å². The van der Waals surface area contributed by atoms with Gasteiger partial charge in [-0.15, -0.1) is 0 Å². The molecule has 1 heterocycles. The molecule has 1 aliphatic rings. The zero-order valence-corrected chi connectivity index (χ0v) is 52.7. The van der Waals surface area contributed by atoms with Crippen molar-refractivity contribution in [2.24, 2.45) is 0 Å². The van der Waals surface area contributed by atoms with Crippen LogP contribution in [0, 0.1) is 0 Å². The molecule has 1 aliphatic heterocycles. The third kappa shape index (κ3) is 47.8. The van der Waals surface area contributed by atoms with E-state index < -0.39 is 67.3 Å². The van der Waals surface area contributed by atoms with Crippen LogP contribution in [-0.4, -0.2) is 89.2 Å². The van der Waals surface area contributed by atoms with Crippen LogP contribution in [0.1, 0.15) is 290 Å². The Bertz CT molecular complexity index is 1760. The van der Waals surface area contributed by atoms with Gasteiger partial charge in [-0.1, -0.05) is 260 Å². The van der Waals surface area contributed by atoms with Gasteiger partial charge in [0.05, 0.1) is 6.61 Å². The molecule has 1 rings (SSSR count). The normalized spacial score (nSPS) is 18.1. The van der Waals surface area contributed by atoms with E-state index in [1.54, 1.807) is 0 Å². The highest BCUT2D eigenvalue weighted by atomic mass is 16.7. The average molecular weight is 1170 g/mol. The first-order valence-electron chi connectivity index (χ1n) is 33.6. The number of carboxylic acid groups (broad SMARTS) is 1. The zero-order valence-electron chi connectivity index (χ0n) is 52.7. The SMILES string of the molecule is CC/C=C\C/C=C\C/C=C\C/C=C\C/C=C\CCCCCC(=O)OCC(COC1OC(C(=O)O)C(O)C(O)C1OC(=O)CCCCCCC/C=C\C/C=C\CCCCC)OC(=O)CCCCCCCCCCCCCCCCCCCCC. The number of rotatable bonds is 57. The highest BCUT2D eigenvalue weighted by Crippen LogP contribution is 2.27. The summed E-state index contributed by atoms with van der Waals surface area (Å²) in [5.41, 5.74) is 0. The smallest absolute Gasteiger partial charge is 0.335 e. The molecule has 6 unspecified atom stereocenters. The van der Waals surface area contributed by atoms with Crippen LogP contribution < -0.4 is 0 Å². The predicted molar refractivity (Wildman–Crippen MR) is 340 cm³/mol. The van der Waals surface area contributed by atoms with Gasteiger partial charge < -0.3 is 39.0 Å². The van der Waals surface area contributed by atoms with Gasteiger partial charge in [-0.3, -0.25) is 14.4 Å². The Labute approximate surface area is 505 Å². The Kier molecular flexibility index (Phi) is 54.0. The first kappa shape index (κ1) is 76.9. The van der Waals surface area contributed by atoms with Gasteiger partial charge in [0.15, 0.2) is 24.6 Å². The quantitative estimate of drug-likeness (QED) is 0.0228. The highest BCUT2D eigenvalue weighted by molar-refractivity contribution is 5.74. The summed E-state index contributed by atoms with van der Waals surface area (Å²) in [5.74, 6) is -3.17. The first-order chi connectivity index (χ1) is 40.6. The number of aliphatic carboxylic acids is 1. The van der Waals surface area contributed by atoms with E-state index in [0.29, 0.717) is 19.3 Å². The van der Waals surface area contributed by atoms with Crippen molar-refractivity contribution in [1.29, 1.82) is 0 Å². The molecule has 0 radical (unpaired) electrons. The molecule has 3 N–H and O–H groups in total. The molecule has 0 aliphatic carbocycles. The molecule has 476 valence electrons. The van der Waals surface area contributed by atoms with Crippen molar-refractivity contribution in [1.82, 2.24) is 0 Å². The number of carbonyl (C=O) groups excluding carboxylic acids is 3. The van der Waals surface area contributed by atoms with Crippen LogP contribution in [0.4, 0.5) is 0 Å². The third-order valence-electron chi connectivity index (χ3n) is 15.0. The fourth-order valence-electron chi connectivity index (χ4n) is 9.84. The minimum Gasteiger partial charge on any atom is -0.479 e. The van der Waals surface area contributed by atoms with Gasteiger partial charge in [-0.25, -0.2) is 4.79 Å². The van der Waals surface area contributed by atoms with Crippen LogP contribution >= 0.6 is 0 Å². The van der Waals surface area contributed by atoms with Gasteiger partial charge in [-0.05, 0) is 96.3 Å². The maximum Gasteiger partial charge on any atom is 0.335 e. The molecule has 6 atom stereocenters.